The maximum absolute atomic E-state index is 13.1. The van der Waals surface area contributed by atoms with E-state index in [9.17, 15) is 19.2 Å². The van der Waals surface area contributed by atoms with Gasteiger partial charge in [-0.3, -0.25) is 9.59 Å². The number of ether oxygens (including phenoxy) is 2. The van der Waals surface area contributed by atoms with Crippen molar-refractivity contribution >= 4 is 23.8 Å². The van der Waals surface area contributed by atoms with Crippen molar-refractivity contribution in [2.45, 2.75) is 104 Å². The number of hydrogen-bond donors (Lipinski definition) is 0. The second-order valence-corrected chi connectivity index (χ2v) is 9.87. The summed E-state index contributed by atoms with van der Waals surface area (Å²) >= 11 is 0. The molecule has 2 aliphatic carbocycles. The molecule has 0 bridgehead atoms. The van der Waals surface area contributed by atoms with Crippen molar-refractivity contribution in [3.63, 3.8) is 0 Å². The van der Waals surface area contributed by atoms with Gasteiger partial charge in [0.15, 0.2) is 12.2 Å². The van der Waals surface area contributed by atoms with Crippen molar-refractivity contribution < 1.29 is 28.7 Å². The number of rotatable bonds is 12. The van der Waals surface area contributed by atoms with E-state index in [1.165, 1.54) is 0 Å². The van der Waals surface area contributed by atoms with Gasteiger partial charge in [0.05, 0.1) is 0 Å². The van der Waals surface area contributed by atoms with Gasteiger partial charge in [0.2, 0.25) is 0 Å². The molecule has 0 spiro atoms. The van der Waals surface area contributed by atoms with E-state index in [1.807, 2.05) is 27.7 Å². The number of esters is 2. The molecule has 36 heavy (non-hydrogen) atoms. The highest BCUT2D eigenvalue weighted by atomic mass is 16.6. The van der Waals surface area contributed by atoms with E-state index >= 15 is 0 Å². The highest BCUT2D eigenvalue weighted by Gasteiger charge is 2.36. The molecule has 8 nitrogen and oxygen atoms in total. The Balaban J connectivity index is 2.08. The number of hydrogen-bond acceptors (Lipinski definition) is 6. The second kappa shape index (κ2) is 15.7. The predicted molar refractivity (Wildman–Crippen MR) is 138 cm³/mol. The minimum Gasteiger partial charge on any atom is -0.449 e. The van der Waals surface area contributed by atoms with Gasteiger partial charge < -0.3 is 19.3 Å². The summed E-state index contributed by atoms with van der Waals surface area (Å²) in [6.45, 7) is 9.78. The average molecular weight is 507 g/mol. The van der Waals surface area contributed by atoms with Crippen LogP contribution in [-0.4, -0.2) is 71.9 Å². The van der Waals surface area contributed by atoms with Gasteiger partial charge in [0, 0.05) is 50.2 Å². The number of amides is 2. The molecule has 204 valence electrons. The lowest BCUT2D eigenvalue weighted by atomic mass is 9.84. The van der Waals surface area contributed by atoms with Gasteiger partial charge >= 0.3 is 11.9 Å². The molecule has 0 aliphatic heterocycles. The summed E-state index contributed by atoms with van der Waals surface area (Å²) in [7, 11) is 0. The first kappa shape index (κ1) is 29.8. The average Bonchev–Trinajstić information content (AvgIpc) is 2.91. The van der Waals surface area contributed by atoms with Gasteiger partial charge in [-0.25, -0.2) is 9.59 Å². The third-order valence-corrected chi connectivity index (χ3v) is 7.63. The van der Waals surface area contributed by atoms with Crippen LogP contribution in [0.15, 0.2) is 12.2 Å². The van der Waals surface area contributed by atoms with Crippen molar-refractivity contribution in [1.82, 2.24) is 9.80 Å². The standard InChI is InChI=1S/C28H46N2O6/c1-5-29(6-2)27(33)25(21-15-11-9-12-16-21)35-23(31)19-20-24(32)36-26(22-17-13-10-14-18-22)28(34)30(7-3)8-4/h19-22,25-26H,5-18H2,1-4H3/b20-19+/t25-,26-/m0/s1. The summed E-state index contributed by atoms with van der Waals surface area (Å²) in [5.74, 6) is -1.88. The van der Waals surface area contributed by atoms with Crippen molar-refractivity contribution in [3.8, 4) is 0 Å². The molecule has 0 N–H and O–H groups in total. The summed E-state index contributed by atoms with van der Waals surface area (Å²) in [6.07, 6.45) is 9.99. The minimum absolute atomic E-state index is 0.0153. The van der Waals surface area contributed by atoms with Crippen LogP contribution in [-0.2, 0) is 28.7 Å². The molecular weight excluding hydrogens is 460 g/mol. The molecule has 2 atom stereocenters. The number of carbonyl (C=O) groups is 4. The second-order valence-electron chi connectivity index (χ2n) is 9.87. The van der Waals surface area contributed by atoms with Crippen LogP contribution in [0.5, 0.6) is 0 Å². The fourth-order valence-corrected chi connectivity index (χ4v) is 5.47. The summed E-state index contributed by atoms with van der Waals surface area (Å²) in [6, 6.07) is 0. The van der Waals surface area contributed by atoms with Crippen LogP contribution in [0.2, 0.25) is 0 Å². The lowest BCUT2D eigenvalue weighted by molar-refractivity contribution is -0.162. The molecule has 0 saturated heterocycles. The zero-order valence-corrected chi connectivity index (χ0v) is 22.7. The van der Waals surface area contributed by atoms with Crippen LogP contribution < -0.4 is 0 Å². The Morgan fingerprint density at radius 1 is 0.611 bits per heavy atom. The molecule has 0 heterocycles. The Labute approximate surface area is 216 Å². The first-order valence-corrected chi connectivity index (χ1v) is 14.0. The molecule has 0 unspecified atom stereocenters. The summed E-state index contributed by atoms with van der Waals surface area (Å²) in [5, 5.41) is 0. The molecule has 2 amide bonds. The molecule has 0 aromatic rings. The van der Waals surface area contributed by atoms with E-state index in [4.69, 9.17) is 9.47 Å². The Hall–Kier alpha value is -2.38. The Morgan fingerprint density at radius 3 is 1.19 bits per heavy atom. The largest absolute Gasteiger partial charge is 0.449 e. The maximum Gasteiger partial charge on any atom is 0.331 e. The first-order valence-electron chi connectivity index (χ1n) is 14.0. The summed E-state index contributed by atoms with van der Waals surface area (Å²) in [4.78, 5) is 54.9. The third-order valence-electron chi connectivity index (χ3n) is 7.63. The van der Waals surface area contributed by atoms with Crippen LogP contribution in [0.4, 0.5) is 0 Å². The topological polar surface area (TPSA) is 93.2 Å². The normalized spacial score (nSPS) is 18.9. The third kappa shape index (κ3) is 8.63. The van der Waals surface area contributed by atoms with Crippen molar-refractivity contribution in [2.75, 3.05) is 26.2 Å². The van der Waals surface area contributed by atoms with E-state index in [0.29, 0.717) is 26.2 Å². The van der Waals surface area contributed by atoms with Gasteiger partial charge in [0.25, 0.3) is 11.8 Å². The fraction of sp³-hybridized carbons (Fsp3) is 0.786. The molecule has 2 saturated carbocycles. The molecule has 2 rings (SSSR count). The van der Waals surface area contributed by atoms with Gasteiger partial charge in [-0.15, -0.1) is 0 Å². The van der Waals surface area contributed by atoms with Gasteiger partial charge in [0.1, 0.15) is 0 Å². The van der Waals surface area contributed by atoms with E-state index in [0.717, 1.165) is 76.4 Å². The Morgan fingerprint density at radius 2 is 0.917 bits per heavy atom. The molecule has 0 aromatic heterocycles. The highest BCUT2D eigenvalue weighted by Crippen LogP contribution is 2.30. The van der Waals surface area contributed by atoms with Crippen LogP contribution in [0.25, 0.3) is 0 Å². The Kier molecular flexibility index (Phi) is 13.0. The number of likely N-dealkylation sites (N-methyl/N-ethyl adjacent to an activating group) is 2. The minimum atomic E-state index is -0.849. The van der Waals surface area contributed by atoms with E-state index < -0.39 is 24.1 Å². The monoisotopic (exact) mass is 506 g/mol. The molecule has 2 fully saturated rings. The van der Waals surface area contributed by atoms with Crippen molar-refractivity contribution in [1.29, 1.82) is 0 Å². The number of carbonyl (C=O) groups excluding carboxylic acids is 4. The molecule has 0 aromatic carbocycles. The van der Waals surface area contributed by atoms with Crippen molar-refractivity contribution in [2.24, 2.45) is 11.8 Å². The lowest BCUT2D eigenvalue weighted by Crippen LogP contribution is -2.45. The van der Waals surface area contributed by atoms with Gasteiger partial charge in [-0.1, -0.05) is 38.5 Å². The van der Waals surface area contributed by atoms with Crippen molar-refractivity contribution in [3.05, 3.63) is 12.2 Å². The molecule has 8 heteroatoms. The zero-order valence-electron chi connectivity index (χ0n) is 22.7. The van der Waals surface area contributed by atoms with Gasteiger partial charge in [-0.05, 0) is 53.4 Å². The molecular formula is C28H46N2O6. The smallest absolute Gasteiger partial charge is 0.331 e. The summed E-state index contributed by atoms with van der Waals surface area (Å²) in [5.41, 5.74) is 0. The highest BCUT2D eigenvalue weighted by molar-refractivity contribution is 5.94. The maximum atomic E-state index is 13.1. The summed E-state index contributed by atoms with van der Waals surface area (Å²) < 4.78 is 11.3. The van der Waals surface area contributed by atoms with Crippen LogP contribution in [0, 0.1) is 11.8 Å². The number of nitrogens with zero attached hydrogens (tertiary/aromatic N) is 2. The quantitative estimate of drug-likeness (QED) is 0.290. The Bertz CT molecular complexity index is 685. The fourth-order valence-electron chi connectivity index (χ4n) is 5.47. The van der Waals surface area contributed by atoms with Gasteiger partial charge in [-0.2, -0.15) is 0 Å². The van der Waals surface area contributed by atoms with Crippen LogP contribution in [0.3, 0.4) is 0 Å². The zero-order chi connectivity index (χ0) is 26.5. The lowest BCUT2D eigenvalue weighted by Gasteiger charge is -2.32. The van der Waals surface area contributed by atoms with Crippen LogP contribution >= 0.6 is 0 Å². The SMILES string of the molecule is CCN(CC)C(=O)[C@@H](OC(=O)/C=C/C(=O)O[C@H](C(=O)N(CC)CC)C1CCCCC1)C1CCCCC1. The molecule has 0 radical (unpaired) electrons. The van der Waals surface area contributed by atoms with E-state index in [1.54, 1.807) is 9.80 Å². The van der Waals surface area contributed by atoms with E-state index in [-0.39, 0.29) is 23.7 Å². The van der Waals surface area contributed by atoms with Crippen LogP contribution in [0.1, 0.15) is 91.9 Å². The predicted octanol–water partition coefficient (Wildman–Crippen LogP) is 4.26. The first-order chi connectivity index (χ1) is 17.4. The molecule has 2 aliphatic rings. The van der Waals surface area contributed by atoms with E-state index in [2.05, 4.69) is 0 Å².